The summed E-state index contributed by atoms with van der Waals surface area (Å²) in [6.07, 6.45) is 1.53. The predicted molar refractivity (Wildman–Crippen MR) is 110 cm³/mol. The highest BCUT2D eigenvalue weighted by atomic mass is 19.1. The molecule has 0 bridgehead atoms. The van der Waals surface area contributed by atoms with Crippen LogP contribution in [0.5, 0.6) is 0 Å². The average molecular weight is 388 g/mol. The zero-order valence-electron chi connectivity index (χ0n) is 17.0. The Bertz CT molecular complexity index is 805. The number of aryl methyl sites for hydroxylation is 1. The fourth-order valence-corrected chi connectivity index (χ4v) is 3.15. The third kappa shape index (κ3) is 4.95. The Morgan fingerprint density at radius 1 is 1.21 bits per heavy atom. The Morgan fingerprint density at radius 2 is 1.89 bits per heavy atom. The summed E-state index contributed by atoms with van der Waals surface area (Å²) in [6, 6.07) is 5.35. The second-order valence-corrected chi connectivity index (χ2v) is 6.31. The number of nitrogens with one attached hydrogen (secondary N) is 1. The van der Waals surface area contributed by atoms with Crippen LogP contribution in [-0.4, -0.2) is 54.0 Å². The molecule has 1 saturated heterocycles. The van der Waals surface area contributed by atoms with Crippen molar-refractivity contribution < 1.29 is 9.18 Å². The number of hydrogen-bond donors (Lipinski definition) is 2. The zero-order valence-corrected chi connectivity index (χ0v) is 17.0. The number of piperazine rings is 1. The molecule has 1 fully saturated rings. The average Bonchev–Trinajstić information content (AvgIpc) is 2.73. The number of carbonyl (C=O) groups is 1. The molecule has 2 aromatic rings. The molecule has 0 saturated carbocycles. The van der Waals surface area contributed by atoms with Crippen LogP contribution in [0.25, 0.3) is 0 Å². The van der Waals surface area contributed by atoms with E-state index in [9.17, 15) is 9.18 Å². The SMILES string of the molecule is CC.CNC(=O)c1ccc(N2CCN(Cc3ccnc(N)c3F)CC2)c(C)n1. The van der Waals surface area contributed by atoms with Crippen molar-refractivity contribution in [2.75, 3.05) is 43.9 Å². The van der Waals surface area contributed by atoms with E-state index in [0.29, 0.717) is 17.8 Å². The minimum Gasteiger partial charge on any atom is -0.381 e. The van der Waals surface area contributed by atoms with Gasteiger partial charge in [0, 0.05) is 51.5 Å². The van der Waals surface area contributed by atoms with Gasteiger partial charge in [-0.05, 0) is 25.1 Å². The summed E-state index contributed by atoms with van der Waals surface area (Å²) in [5, 5.41) is 2.58. The van der Waals surface area contributed by atoms with E-state index in [1.165, 1.54) is 6.20 Å². The maximum atomic E-state index is 14.0. The van der Waals surface area contributed by atoms with Crippen molar-refractivity contribution in [1.82, 2.24) is 20.2 Å². The number of nitrogens with two attached hydrogens (primary N) is 1. The Labute approximate surface area is 165 Å². The van der Waals surface area contributed by atoms with E-state index in [0.717, 1.165) is 37.6 Å². The fraction of sp³-hybridized carbons (Fsp3) is 0.450. The number of nitrogens with zero attached hydrogens (tertiary/aromatic N) is 4. The first-order chi connectivity index (χ1) is 13.5. The molecule has 3 N–H and O–H groups in total. The molecule has 0 aliphatic carbocycles. The molecule has 0 unspecified atom stereocenters. The molecule has 3 rings (SSSR count). The molecule has 152 valence electrons. The zero-order chi connectivity index (χ0) is 20.7. The van der Waals surface area contributed by atoms with Gasteiger partial charge in [-0.3, -0.25) is 9.69 Å². The molecule has 1 aliphatic rings. The molecule has 1 amide bonds. The summed E-state index contributed by atoms with van der Waals surface area (Å²) < 4.78 is 14.0. The Morgan fingerprint density at radius 3 is 2.50 bits per heavy atom. The molecular weight excluding hydrogens is 359 g/mol. The molecule has 0 spiro atoms. The smallest absolute Gasteiger partial charge is 0.269 e. The lowest BCUT2D eigenvalue weighted by Gasteiger charge is -2.36. The molecule has 7 nitrogen and oxygen atoms in total. The van der Waals surface area contributed by atoms with Gasteiger partial charge < -0.3 is 16.0 Å². The van der Waals surface area contributed by atoms with Crippen LogP contribution in [0.15, 0.2) is 24.4 Å². The Hall–Kier alpha value is -2.74. The van der Waals surface area contributed by atoms with Gasteiger partial charge in [0.15, 0.2) is 11.6 Å². The van der Waals surface area contributed by atoms with Crippen LogP contribution in [0.1, 0.15) is 35.6 Å². The number of hydrogen-bond acceptors (Lipinski definition) is 6. The maximum Gasteiger partial charge on any atom is 0.269 e. The van der Waals surface area contributed by atoms with E-state index in [-0.39, 0.29) is 11.7 Å². The number of nitrogen functional groups attached to an aromatic ring is 1. The molecule has 1 aliphatic heterocycles. The van der Waals surface area contributed by atoms with Gasteiger partial charge in [0.25, 0.3) is 5.91 Å². The minimum atomic E-state index is -0.431. The molecule has 8 heteroatoms. The second kappa shape index (κ2) is 9.98. The lowest BCUT2D eigenvalue weighted by molar-refractivity contribution is 0.0958. The maximum absolute atomic E-state index is 14.0. The topological polar surface area (TPSA) is 87.4 Å². The van der Waals surface area contributed by atoms with E-state index >= 15 is 0 Å². The van der Waals surface area contributed by atoms with Gasteiger partial charge in [0.1, 0.15) is 5.69 Å². The van der Waals surface area contributed by atoms with Gasteiger partial charge in [-0.2, -0.15) is 0 Å². The number of anilines is 2. The molecule has 0 radical (unpaired) electrons. The van der Waals surface area contributed by atoms with Gasteiger partial charge in [-0.25, -0.2) is 14.4 Å². The highest BCUT2D eigenvalue weighted by Crippen LogP contribution is 2.22. The van der Waals surface area contributed by atoms with E-state index in [1.807, 2.05) is 26.8 Å². The Kier molecular flexibility index (Phi) is 7.69. The highest BCUT2D eigenvalue weighted by molar-refractivity contribution is 5.92. The summed E-state index contributed by atoms with van der Waals surface area (Å²) >= 11 is 0. The number of carbonyl (C=O) groups excluding carboxylic acids is 1. The monoisotopic (exact) mass is 388 g/mol. The third-order valence-corrected chi connectivity index (χ3v) is 4.62. The summed E-state index contributed by atoms with van der Waals surface area (Å²) in [5.41, 5.74) is 8.37. The highest BCUT2D eigenvalue weighted by Gasteiger charge is 2.21. The van der Waals surface area contributed by atoms with Crippen LogP contribution in [0.2, 0.25) is 0 Å². The van der Waals surface area contributed by atoms with Crippen molar-refractivity contribution >= 4 is 17.4 Å². The molecule has 2 aromatic heterocycles. The second-order valence-electron chi connectivity index (χ2n) is 6.31. The molecule has 0 atom stereocenters. The molecule has 0 aromatic carbocycles. The van der Waals surface area contributed by atoms with Crippen molar-refractivity contribution in [1.29, 1.82) is 0 Å². The van der Waals surface area contributed by atoms with Crippen LogP contribution < -0.4 is 16.0 Å². The van der Waals surface area contributed by atoms with Crippen LogP contribution in [0, 0.1) is 12.7 Å². The third-order valence-electron chi connectivity index (χ3n) is 4.62. The first-order valence-corrected chi connectivity index (χ1v) is 9.55. The normalized spacial score (nSPS) is 14.2. The number of amides is 1. The van der Waals surface area contributed by atoms with Crippen molar-refractivity contribution in [2.45, 2.75) is 27.3 Å². The summed E-state index contributed by atoms with van der Waals surface area (Å²) in [4.78, 5) is 24.3. The van der Waals surface area contributed by atoms with E-state index in [2.05, 4.69) is 25.1 Å². The Balaban J connectivity index is 0.00000136. The minimum absolute atomic E-state index is 0.0564. The molecule has 28 heavy (non-hydrogen) atoms. The van der Waals surface area contributed by atoms with Crippen molar-refractivity contribution in [3.8, 4) is 0 Å². The van der Waals surface area contributed by atoms with E-state index in [4.69, 9.17) is 5.73 Å². The van der Waals surface area contributed by atoms with Gasteiger partial charge in [0.2, 0.25) is 0 Å². The quantitative estimate of drug-likeness (QED) is 0.835. The van der Waals surface area contributed by atoms with Gasteiger partial charge in [0.05, 0.1) is 11.4 Å². The van der Waals surface area contributed by atoms with Crippen LogP contribution in [0.3, 0.4) is 0 Å². The standard InChI is InChI=1S/C18H23FN6O.C2H6/c1-12-15(4-3-14(23-12)18(26)21-2)25-9-7-24(8-10-25)11-13-5-6-22-17(20)16(13)19;1-2/h3-6H,7-11H2,1-2H3,(H2,20,22)(H,21,26);1-2H3. The van der Waals surface area contributed by atoms with Gasteiger partial charge >= 0.3 is 0 Å². The summed E-state index contributed by atoms with van der Waals surface area (Å²) in [7, 11) is 1.59. The van der Waals surface area contributed by atoms with Gasteiger partial charge in [-0.15, -0.1) is 0 Å². The summed E-state index contributed by atoms with van der Waals surface area (Å²) in [5.74, 6) is -0.679. The molecule has 3 heterocycles. The first kappa shape index (κ1) is 21.6. The van der Waals surface area contributed by atoms with Crippen molar-refractivity contribution in [3.05, 3.63) is 47.2 Å². The molecular formula is C20H29FN6O. The number of halogens is 1. The number of aromatic nitrogens is 2. The van der Waals surface area contributed by atoms with Crippen molar-refractivity contribution in [2.24, 2.45) is 0 Å². The van der Waals surface area contributed by atoms with Crippen LogP contribution >= 0.6 is 0 Å². The summed E-state index contributed by atoms with van der Waals surface area (Å²) in [6.45, 7) is 9.65. The predicted octanol–water partition coefficient (Wildman–Crippen LogP) is 2.21. The van der Waals surface area contributed by atoms with Crippen LogP contribution in [0.4, 0.5) is 15.9 Å². The number of rotatable bonds is 4. The van der Waals surface area contributed by atoms with E-state index < -0.39 is 5.82 Å². The lowest BCUT2D eigenvalue weighted by Crippen LogP contribution is -2.46. The largest absolute Gasteiger partial charge is 0.381 e. The lowest BCUT2D eigenvalue weighted by atomic mass is 10.2. The number of pyridine rings is 2. The fourth-order valence-electron chi connectivity index (χ4n) is 3.15. The van der Waals surface area contributed by atoms with E-state index in [1.54, 1.807) is 19.2 Å². The first-order valence-electron chi connectivity index (χ1n) is 9.55. The van der Waals surface area contributed by atoms with Crippen molar-refractivity contribution in [3.63, 3.8) is 0 Å². The van der Waals surface area contributed by atoms with Crippen LogP contribution in [-0.2, 0) is 6.54 Å². The van der Waals surface area contributed by atoms with Gasteiger partial charge in [-0.1, -0.05) is 13.8 Å².